The molecular weight excluding hydrogens is 380 g/mol. The Morgan fingerprint density at radius 2 is 1.68 bits per heavy atom. The highest BCUT2D eigenvalue weighted by atomic mass is 32.2. The summed E-state index contributed by atoms with van der Waals surface area (Å²) in [6, 6.07) is 13.9. The van der Waals surface area contributed by atoms with Crippen molar-refractivity contribution in [1.29, 1.82) is 0 Å². The van der Waals surface area contributed by atoms with Crippen LogP contribution in [0.3, 0.4) is 0 Å². The fraction of sp³-hybridized carbons (Fsp3) is 0.200. The third-order valence-corrected chi connectivity index (χ3v) is 5.67. The van der Waals surface area contributed by atoms with E-state index < -0.39 is 27.9 Å². The minimum absolute atomic E-state index is 0.144. The predicted octanol–water partition coefficient (Wildman–Crippen LogP) is 2.81. The van der Waals surface area contributed by atoms with E-state index in [0.717, 1.165) is 11.8 Å². The second kappa shape index (κ2) is 7.47. The van der Waals surface area contributed by atoms with Crippen molar-refractivity contribution >= 4 is 27.5 Å². The Balaban J connectivity index is 2.10. The number of hydrogen-bond acceptors (Lipinski definition) is 5. The highest BCUT2D eigenvalue weighted by Crippen LogP contribution is 2.34. The number of rotatable bonds is 4. The molecule has 28 heavy (non-hydrogen) atoms. The Kier molecular flexibility index (Phi) is 5.24. The maximum absolute atomic E-state index is 12.8. The maximum Gasteiger partial charge on any atom is 0.337 e. The molecule has 8 heteroatoms. The van der Waals surface area contributed by atoms with Crippen LogP contribution >= 0.6 is 0 Å². The van der Waals surface area contributed by atoms with Gasteiger partial charge in [-0.1, -0.05) is 30.3 Å². The Bertz CT molecular complexity index is 1040. The molecule has 0 saturated heterocycles. The number of hydrogen-bond donors (Lipinski definition) is 1. The van der Waals surface area contributed by atoms with Crippen molar-refractivity contribution in [3.63, 3.8) is 0 Å². The summed E-state index contributed by atoms with van der Waals surface area (Å²) in [4.78, 5) is 26.8. The zero-order valence-electron chi connectivity index (χ0n) is 15.7. The van der Waals surface area contributed by atoms with Crippen LogP contribution < -0.4 is 10.2 Å². The van der Waals surface area contributed by atoms with Gasteiger partial charge in [-0.3, -0.25) is 4.90 Å². The minimum Gasteiger partial charge on any atom is -0.466 e. The fourth-order valence-corrected chi connectivity index (χ4v) is 3.80. The second-order valence-corrected chi connectivity index (χ2v) is 8.40. The number of carbonyl (C=O) groups is 2. The first kappa shape index (κ1) is 19.6. The van der Waals surface area contributed by atoms with E-state index in [2.05, 4.69) is 5.32 Å². The molecule has 0 aliphatic carbocycles. The molecule has 0 bridgehead atoms. The van der Waals surface area contributed by atoms with E-state index in [9.17, 15) is 18.0 Å². The predicted molar refractivity (Wildman–Crippen MR) is 104 cm³/mol. The van der Waals surface area contributed by atoms with Crippen LogP contribution in [0.5, 0.6) is 0 Å². The molecule has 2 aromatic rings. The molecule has 0 aromatic heterocycles. The number of urea groups is 1. The number of allylic oxidation sites excluding steroid dienone is 1. The molecule has 1 heterocycles. The van der Waals surface area contributed by atoms with Gasteiger partial charge < -0.3 is 10.1 Å². The van der Waals surface area contributed by atoms with Crippen molar-refractivity contribution in [3.05, 3.63) is 71.4 Å². The van der Waals surface area contributed by atoms with Crippen molar-refractivity contribution in [2.75, 3.05) is 18.3 Å². The molecule has 1 aliphatic heterocycles. The first-order chi connectivity index (χ1) is 13.2. The van der Waals surface area contributed by atoms with E-state index in [4.69, 9.17) is 4.74 Å². The van der Waals surface area contributed by atoms with Gasteiger partial charge >= 0.3 is 12.0 Å². The van der Waals surface area contributed by atoms with Crippen LogP contribution in [0.2, 0.25) is 0 Å². The minimum atomic E-state index is -3.36. The Hall–Kier alpha value is -3.13. The van der Waals surface area contributed by atoms with Gasteiger partial charge in [0.25, 0.3) is 0 Å². The lowest BCUT2D eigenvalue weighted by Crippen LogP contribution is -2.48. The number of sulfone groups is 1. The Labute approximate surface area is 163 Å². The van der Waals surface area contributed by atoms with E-state index in [-0.39, 0.29) is 4.90 Å². The second-order valence-electron chi connectivity index (χ2n) is 6.39. The number of amides is 2. The molecule has 0 fully saturated rings. The molecule has 1 N–H and O–H groups in total. The van der Waals surface area contributed by atoms with Crippen molar-refractivity contribution < 1.29 is 22.7 Å². The number of nitrogens with one attached hydrogen (secondary N) is 1. The summed E-state index contributed by atoms with van der Waals surface area (Å²) in [5.74, 6) is -0.552. The number of ether oxygens (including phenoxy) is 1. The number of methoxy groups -OCH3 is 1. The van der Waals surface area contributed by atoms with E-state index >= 15 is 0 Å². The number of benzene rings is 2. The monoisotopic (exact) mass is 400 g/mol. The molecule has 0 radical (unpaired) electrons. The molecule has 0 saturated carbocycles. The van der Waals surface area contributed by atoms with Gasteiger partial charge in [0.15, 0.2) is 9.84 Å². The van der Waals surface area contributed by atoms with Crippen LogP contribution in [-0.4, -0.2) is 33.8 Å². The Morgan fingerprint density at radius 1 is 1.07 bits per heavy atom. The quantitative estimate of drug-likeness (QED) is 0.797. The molecule has 2 amide bonds. The largest absolute Gasteiger partial charge is 0.466 e. The van der Waals surface area contributed by atoms with E-state index in [1.165, 1.54) is 36.3 Å². The van der Waals surface area contributed by atoms with Crippen molar-refractivity contribution in [1.82, 2.24) is 5.32 Å². The summed E-state index contributed by atoms with van der Waals surface area (Å²) in [5, 5.41) is 2.83. The molecular formula is C20H20N2O5S. The lowest BCUT2D eigenvalue weighted by molar-refractivity contribution is -0.136. The van der Waals surface area contributed by atoms with Gasteiger partial charge in [-0.2, -0.15) is 0 Å². The molecule has 1 aliphatic rings. The average Bonchev–Trinajstić information content (AvgIpc) is 2.67. The van der Waals surface area contributed by atoms with Crippen molar-refractivity contribution in [2.24, 2.45) is 0 Å². The first-order valence-electron chi connectivity index (χ1n) is 8.49. The van der Waals surface area contributed by atoms with E-state index in [0.29, 0.717) is 17.0 Å². The fourth-order valence-electron chi connectivity index (χ4n) is 3.17. The van der Waals surface area contributed by atoms with Gasteiger partial charge in [0.1, 0.15) is 0 Å². The standard InChI is InChI=1S/C20H20N2O5S/c1-13-17(19(23)27-2)18(14-7-5-4-6-8-14)21-20(24)22(13)15-9-11-16(12-10-15)28(3,25)26/h4-12,18H,1-3H3,(H,21,24). The normalized spacial score (nSPS) is 17.3. The van der Waals surface area contributed by atoms with Crippen LogP contribution in [-0.2, 0) is 19.4 Å². The zero-order chi connectivity index (χ0) is 20.5. The molecule has 3 rings (SSSR count). The lowest BCUT2D eigenvalue weighted by atomic mass is 9.94. The van der Waals surface area contributed by atoms with E-state index in [1.54, 1.807) is 6.92 Å². The zero-order valence-corrected chi connectivity index (χ0v) is 16.5. The summed E-state index contributed by atoms with van der Waals surface area (Å²) in [7, 11) is -2.07. The maximum atomic E-state index is 12.8. The number of carbonyl (C=O) groups excluding carboxylic acids is 2. The molecule has 2 aromatic carbocycles. The summed E-state index contributed by atoms with van der Waals surface area (Å²) < 4.78 is 28.3. The SMILES string of the molecule is COC(=O)C1=C(C)N(c2ccc(S(C)(=O)=O)cc2)C(=O)NC1c1ccccc1. The number of nitrogens with zero attached hydrogens (tertiary/aromatic N) is 1. The van der Waals surface area contributed by atoms with Gasteiger partial charge in [-0.25, -0.2) is 18.0 Å². The lowest BCUT2D eigenvalue weighted by Gasteiger charge is -2.35. The van der Waals surface area contributed by atoms with Gasteiger partial charge in [0.2, 0.25) is 0 Å². The van der Waals surface area contributed by atoms with E-state index in [1.807, 2.05) is 30.3 Å². The van der Waals surface area contributed by atoms with Crippen LogP contribution in [0.25, 0.3) is 0 Å². The van der Waals surface area contributed by atoms with Crippen LogP contribution in [0, 0.1) is 0 Å². The highest BCUT2D eigenvalue weighted by molar-refractivity contribution is 7.90. The summed E-state index contributed by atoms with van der Waals surface area (Å²) in [6.45, 7) is 1.66. The third-order valence-electron chi connectivity index (χ3n) is 4.55. The average molecular weight is 400 g/mol. The van der Waals surface area contributed by atoms with Gasteiger partial charge in [0, 0.05) is 12.0 Å². The van der Waals surface area contributed by atoms with Gasteiger partial charge in [-0.15, -0.1) is 0 Å². The third kappa shape index (κ3) is 3.63. The molecule has 1 unspecified atom stereocenters. The topological polar surface area (TPSA) is 92.8 Å². The van der Waals surface area contributed by atoms with Crippen LogP contribution in [0.4, 0.5) is 10.5 Å². The van der Waals surface area contributed by atoms with Crippen molar-refractivity contribution in [3.8, 4) is 0 Å². The smallest absolute Gasteiger partial charge is 0.337 e. The van der Waals surface area contributed by atoms with Gasteiger partial charge in [-0.05, 0) is 36.8 Å². The van der Waals surface area contributed by atoms with Gasteiger partial charge in [0.05, 0.1) is 29.3 Å². The summed E-state index contributed by atoms with van der Waals surface area (Å²) >= 11 is 0. The molecule has 7 nitrogen and oxygen atoms in total. The molecule has 0 spiro atoms. The first-order valence-corrected chi connectivity index (χ1v) is 10.4. The molecule has 146 valence electrons. The summed E-state index contributed by atoms with van der Waals surface area (Å²) in [5.41, 5.74) is 1.91. The van der Waals surface area contributed by atoms with Crippen molar-refractivity contribution in [2.45, 2.75) is 17.9 Å². The van der Waals surface area contributed by atoms with Crippen LogP contribution in [0.15, 0.2) is 70.8 Å². The number of esters is 1. The summed E-state index contributed by atoms with van der Waals surface area (Å²) in [6.07, 6.45) is 1.11. The Morgan fingerprint density at radius 3 is 2.21 bits per heavy atom. The highest BCUT2D eigenvalue weighted by Gasteiger charge is 2.36. The molecule has 1 atom stereocenters. The van der Waals surface area contributed by atoms with Crippen LogP contribution in [0.1, 0.15) is 18.5 Å². The number of anilines is 1.